The zero-order valence-corrected chi connectivity index (χ0v) is 12.3. The van der Waals surface area contributed by atoms with Crippen molar-refractivity contribution >= 4 is 18.1 Å². The van der Waals surface area contributed by atoms with Gasteiger partial charge in [-0.1, -0.05) is 18.2 Å². The van der Waals surface area contributed by atoms with Crippen molar-refractivity contribution in [3.05, 3.63) is 48.0 Å². The van der Waals surface area contributed by atoms with Gasteiger partial charge in [-0.3, -0.25) is 0 Å². The van der Waals surface area contributed by atoms with Crippen LogP contribution in [0.4, 0.5) is 5.69 Å². The summed E-state index contributed by atoms with van der Waals surface area (Å²) in [5.74, 6) is -0.344. The molecule has 2 aromatic carbocycles. The first-order valence-corrected chi connectivity index (χ1v) is 6.18. The number of rotatable bonds is 4. The first-order valence-electron chi connectivity index (χ1n) is 6.18. The van der Waals surface area contributed by atoms with Gasteiger partial charge in [-0.15, -0.1) is 12.4 Å². The first kappa shape index (κ1) is 16.9. The van der Waals surface area contributed by atoms with E-state index in [9.17, 15) is 20.4 Å². The molecule has 0 amide bonds. The second-order valence-corrected chi connectivity index (χ2v) is 4.64. The Bertz CT molecular complexity index is 606. The van der Waals surface area contributed by atoms with E-state index in [0.717, 1.165) is 0 Å². The fourth-order valence-electron chi connectivity index (χ4n) is 2.02. The molecule has 1 atom stereocenters. The van der Waals surface area contributed by atoms with Crippen molar-refractivity contribution < 1.29 is 20.4 Å². The quantitative estimate of drug-likeness (QED) is 0.652. The van der Waals surface area contributed by atoms with Crippen LogP contribution < -0.4 is 4.90 Å². The summed E-state index contributed by atoms with van der Waals surface area (Å²) in [7, 11) is 1.69. The molecule has 0 fully saturated rings. The van der Waals surface area contributed by atoms with Crippen molar-refractivity contribution in [3.63, 3.8) is 0 Å². The highest BCUT2D eigenvalue weighted by molar-refractivity contribution is 5.85. The van der Waals surface area contributed by atoms with Crippen LogP contribution in [0.2, 0.25) is 0 Å². The van der Waals surface area contributed by atoms with Crippen molar-refractivity contribution in [1.29, 1.82) is 0 Å². The van der Waals surface area contributed by atoms with E-state index in [4.69, 9.17) is 0 Å². The van der Waals surface area contributed by atoms with E-state index < -0.39 is 6.10 Å². The summed E-state index contributed by atoms with van der Waals surface area (Å²) in [6.07, 6.45) is -0.825. The molecule has 2 aromatic rings. The molecular formula is C15H18ClNO4. The number of aliphatic hydroxyl groups excluding tert-OH is 1. The van der Waals surface area contributed by atoms with Crippen LogP contribution in [0, 0.1) is 0 Å². The van der Waals surface area contributed by atoms with Crippen LogP contribution in [0.3, 0.4) is 0 Å². The van der Waals surface area contributed by atoms with Crippen LogP contribution in [0.15, 0.2) is 42.5 Å². The van der Waals surface area contributed by atoms with Gasteiger partial charge in [0.25, 0.3) is 0 Å². The van der Waals surface area contributed by atoms with Gasteiger partial charge in [0.1, 0.15) is 5.75 Å². The van der Waals surface area contributed by atoms with Crippen molar-refractivity contribution in [3.8, 4) is 17.2 Å². The Labute approximate surface area is 129 Å². The van der Waals surface area contributed by atoms with Crippen LogP contribution in [-0.2, 0) is 0 Å². The molecule has 0 spiro atoms. The molecule has 0 aliphatic carbocycles. The molecule has 0 saturated heterocycles. The molecule has 0 saturated carbocycles. The lowest BCUT2D eigenvalue weighted by atomic mass is 10.1. The van der Waals surface area contributed by atoms with Crippen LogP contribution in [0.5, 0.6) is 17.2 Å². The van der Waals surface area contributed by atoms with Crippen LogP contribution in [0.25, 0.3) is 0 Å². The van der Waals surface area contributed by atoms with E-state index in [1.165, 1.54) is 18.2 Å². The number of nitrogens with zero attached hydrogens (tertiary/aromatic N) is 1. The fourth-order valence-corrected chi connectivity index (χ4v) is 2.02. The van der Waals surface area contributed by atoms with Crippen molar-refractivity contribution in [2.24, 2.45) is 0 Å². The van der Waals surface area contributed by atoms with Gasteiger partial charge in [0, 0.05) is 13.6 Å². The van der Waals surface area contributed by atoms with Gasteiger partial charge >= 0.3 is 0 Å². The lowest BCUT2D eigenvalue weighted by Crippen LogP contribution is -2.24. The maximum Gasteiger partial charge on any atom is 0.181 e. The number of phenols is 3. The summed E-state index contributed by atoms with van der Waals surface area (Å²) in [5.41, 5.74) is 1.00. The van der Waals surface area contributed by atoms with Crippen LogP contribution in [-0.4, -0.2) is 34.0 Å². The summed E-state index contributed by atoms with van der Waals surface area (Å²) >= 11 is 0. The number of aromatic hydroxyl groups is 3. The molecule has 0 radical (unpaired) electrons. The predicted molar refractivity (Wildman–Crippen MR) is 83.4 cm³/mol. The standard InChI is InChI=1S/C15H17NO4.ClH/c1-16(12-6-3-7-13(18)15(12)20)9-14(19)10-4-2-5-11(17)8-10;/h2-8,14,17-20H,9H2,1H3;1H. The third-order valence-electron chi connectivity index (χ3n) is 3.11. The zero-order valence-electron chi connectivity index (χ0n) is 11.5. The number of likely N-dealkylation sites (N-methyl/N-ethyl adjacent to an activating group) is 1. The first-order chi connectivity index (χ1) is 9.49. The van der Waals surface area contributed by atoms with Gasteiger partial charge < -0.3 is 25.3 Å². The van der Waals surface area contributed by atoms with Gasteiger partial charge in [-0.2, -0.15) is 0 Å². The number of benzene rings is 2. The molecule has 6 heteroatoms. The minimum atomic E-state index is -0.825. The topological polar surface area (TPSA) is 84.2 Å². The minimum absolute atomic E-state index is 0. The normalized spacial score (nSPS) is 11.5. The Morgan fingerprint density at radius 1 is 1.05 bits per heavy atom. The highest BCUT2D eigenvalue weighted by atomic mass is 35.5. The number of phenolic OH excluding ortho intramolecular Hbond substituents is 3. The summed E-state index contributed by atoms with van der Waals surface area (Å²) in [5, 5.41) is 38.8. The maximum atomic E-state index is 10.1. The Morgan fingerprint density at radius 2 is 1.71 bits per heavy atom. The molecule has 0 aromatic heterocycles. The van der Waals surface area contributed by atoms with Crippen LogP contribution in [0.1, 0.15) is 11.7 Å². The van der Waals surface area contributed by atoms with E-state index in [0.29, 0.717) is 11.3 Å². The minimum Gasteiger partial charge on any atom is -0.508 e. The second-order valence-electron chi connectivity index (χ2n) is 4.64. The number of anilines is 1. The van der Waals surface area contributed by atoms with Crippen molar-refractivity contribution in [1.82, 2.24) is 0 Å². The molecular weight excluding hydrogens is 294 g/mol. The zero-order chi connectivity index (χ0) is 14.7. The second kappa shape index (κ2) is 7.06. The molecule has 0 aliphatic rings. The molecule has 1 unspecified atom stereocenters. The van der Waals surface area contributed by atoms with Gasteiger partial charge in [-0.05, 0) is 29.8 Å². The molecule has 5 nitrogen and oxygen atoms in total. The third-order valence-corrected chi connectivity index (χ3v) is 3.11. The number of hydrogen-bond acceptors (Lipinski definition) is 5. The van der Waals surface area contributed by atoms with Crippen molar-refractivity contribution in [2.45, 2.75) is 6.10 Å². The van der Waals surface area contributed by atoms with Gasteiger partial charge in [0.2, 0.25) is 0 Å². The smallest absolute Gasteiger partial charge is 0.181 e. The summed E-state index contributed by atoms with van der Waals surface area (Å²) in [6.45, 7) is 0.209. The molecule has 2 rings (SSSR count). The summed E-state index contributed by atoms with van der Waals surface area (Å²) < 4.78 is 0. The molecule has 0 aliphatic heterocycles. The third kappa shape index (κ3) is 3.93. The average Bonchev–Trinajstić information content (AvgIpc) is 2.41. The summed E-state index contributed by atoms with van der Waals surface area (Å²) in [4.78, 5) is 1.63. The van der Waals surface area contributed by atoms with E-state index in [-0.39, 0.29) is 36.2 Å². The average molecular weight is 312 g/mol. The fraction of sp³-hybridized carbons (Fsp3) is 0.200. The SMILES string of the molecule is CN(CC(O)c1cccc(O)c1)c1cccc(O)c1O.Cl. The largest absolute Gasteiger partial charge is 0.508 e. The number of halogens is 1. The maximum absolute atomic E-state index is 10.1. The summed E-state index contributed by atoms with van der Waals surface area (Å²) in [6, 6.07) is 11.0. The Morgan fingerprint density at radius 3 is 2.38 bits per heavy atom. The lowest BCUT2D eigenvalue weighted by molar-refractivity contribution is 0.184. The van der Waals surface area contributed by atoms with E-state index >= 15 is 0 Å². The number of aliphatic hydroxyl groups is 1. The van der Waals surface area contributed by atoms with Crippen LogP contribution >= 0.6 is 12.4 Å². The van der Waals surface area contributed by atoms with Gasteiger partial charge in [0.15, 0.2) is 11.5 Å². The van der Waals surface area contributed by atoms with Gasteiger partial charge in [0.05, 0.1) is 11.8 Å². The number of para-hydroxylation sites is 1. The predicted octanol–water partition coefficient (Wildman–Crippen LogP) is 2.40. The van der Waals surface area contributed by atoms with E-state index in [2.05, 4.69) is 0 Å². The lowest BCUT2D eigenvalue weighted by Gasteiger charge is -2.24. The monoisotopic (exact) mass is 311 g/mol. The highest BCUT2D eigenvalue weighted by Crippen LogP contribution is 2.35. The Kier molecular flexibility index (Phi) is 5.69. The number of hydrogen-bond donors (Lipinski definition) is 4. The molecule has 0 heterocycles. The van der Waals surface area contributed by atoms with E-state index in [1.54, 1.807) is 36.2 Å². The van der Waals surface area contributed by atoms with E-state index in [1.807, 2.05) is 0 Å². The molecule has 0 bridgehead atoms. The molecule has 4 N–H and O–H groups in total. The molecule has 114 valence electrons. The van der Waals surface area contributed by atoms with Gasteiger partial charge in [-0.25, -0.2) is 0 Å². The Hall–Kier alpha value is -2.11. The van der Waals surface area contributed by atoms with Crippen molar-refractivity contribution in [2.75, 3.05) is 18.5 Å². The highest BCUT2D eigenvalue weighted by Gasteiger charge is 2.15. The molecule has 21 heavy (non-hydrogen) atoms. The Balaban J connectivity index is 0.00000220.